The first-order chi connectivity index (χ1) is 13.1. The van der Waals surface area contributed by atoms with E-state index in [1.807, 2.05) is 52.0 Å². The number of methoxy groups -OCH3 is 1. The second-order valence-corrected chi connectivity index (χ2v) is 8.36. The number of allylic oxidation sites excluding steroid dienone is 1. The van der Waals surface area contributed by atoms with Crippen molar-refractivity contribution in [1.29, 1.82) is 0 Å². The lowest BCUT2D eigenvalue weighted by Gasteiger charge is -2.31. The molecule has 154 valence electrons. The van der Waals surface area contributed by atoms with Crippen molar-refractivity contribution >= 4 is 17.6 Å². The number of para-hydroxylation sites is 1. The third-order valence-corrected chi connectivity index (χ3v) is 4.80. The van der Waals surface area contributed by atoms with E-state index < -0.39 is 17.2 Å². The predicted octanol–water partition coefficient (Wildman–Crippen LogP) is 4.05. The third-order valence-electron chi connectivity index (χ3n) is 4.80. The van der Waals surface area contributed by atoms with Crippen LogP contribution in [0.2, 0.25) is 0 Å². The summed E-state index contributed by atoms with van der Waals surface area (Å²) in [7, 11) is 1.61. The molecule has 2 N–H and O–H groups in total. The first-order valence-corrected chi connectivity index (χ1v) is 9.75. The monoisotopic (exact) mass is 388 g/mol. The van der Waals surface area contributed by atoms with Gasteiger partial charge in [-0.2, -0.15) is 0 Å². The smallest absolute Gasteiger partial charge is 0.407 e. The van der Waals surface area contributed by atoms with Crippen molar-refractivity contribution in [3.63, 3.8) is 0 Å². The van der Waals surface area contributed by atoms with E-state index in [2.05, 4.69) is 10.6 Å². The molecular weight excluding hydrogens is 356 g/mol. The normalized spacial score (nSPS) is 16.4. The van der Waals surface area contributed by atoms with Gasteiger partial charge in [-0.15, -0.1) is 0 Å². The van der Waals surface area contributed by atoms with Crippen molar-refractivity contribution in [2.24, 2.45) is 0 Å². The van der Waals surface area contributed by atoms with Gasteiger partial charge in [-0.05, 0) is 52.2 Å². The van der Waals surface area contributed by atoms with Crippen LogP contribution in [0.5, 0.6) is 5.75 Å². The van der Waals surface area contributed by atoms with Crippen molar-refractivity contribution in [1.82, 2.24) is 10.6 Å². The number of ether oxygens (including phenoxy) is 2. The Kier molecular flexibility index (Phi) is 7.11. The second kappa shape index (κ2) is 9.13. The Morgan fingerprint density at radius 3 is 2.43 bits per heavy atom. The molecule has 0 aliphatic heterocycles. The van der Waals surface area contributed by atoms with E-state index in [-0.39, 0.29) is 5.91 Å². The number of rotatable bonds is 6. The van der Waals surface area contributed by atoms with Crippen LogP contribution in [0.4, 0.5) is 4.79 Å². The highest BCUT2D eigenvalue weighted by Crippen LogP contribution is 2.30. The Morgan fingerprint density at radius 2 is 1.82 bits per heavy atom. The Labute approximate surface area is 167 Å². The lowest BCUT2D eigenvalue weighted by atomic mass is 9.97. The van der Waals surface area contributed by atoms with Crippen molar-refractivity contribution in [3.8, 4) is 5.75 Å². The SMILES string of the molecule is COc1ccccc1/C(C)=C/C(=O)NC1(CNC(=O)OC(C)(C)C)CCCC1. The largest absolute Gasteiger partial charge is 0.496 e. The summed E-state index contributed by atoms with van der Waals surface area (Å²) in [6.45, 7) is 7.72. The minimum Gasteiger partial charge on any atom is -0.496 e. The number of nitrogens with one attached hydrogen (secondary N) is 2. The summed E-state index contributed by atoms with van der Waals surface area (Å²) in [6, 6.07) is 7.60. The molecule has 0 radical (unpaired) electrons. The molecule has 6 nitrogen and oxygen atoms in total. The maximum Gasteiger partial charge on any atom is 0.407 e. The number of carbonyl (C=O) groups excluding carboxylic acids is 2. The molecule has 0 spiro atoms. The Balaban J connectivity index is 2.05. The molecule has 2 amide bonds. The highest BCUT2D eigenvalue weighted by molar-refractivity contribution is 5.96. The van der Waals surface area contributed by atoms with Gasteiger partial charge in [-0.25, -0.2) is 4.79 Å². The summed E-state index contributed by atoms with van der Waals surface area (Å²) in [5, 5.41) is 5.94. The Bertz CT molecular complexity index is 728. The maximum atomic E-state index is 12.7. The zero-order chi connectivity index (χ0) is 20.8. The quantitative estimate of drug-likeness (QED) is 0.721. The molecule has 6 heteroatoms. The first-order valence-electron chi connectivity index (χ1n) is 9.75. The van der Waals surface area contributed by atoms with Crippen LogP contribution in [0, 0.1) is 0 Å². The molecule has 1 saturated carbocycles. The molecule has 0 unspecified atom stereocenters. The molecule has 28 heavy (non-hydrogen) atoms. The van der Waals surface area contributed by atoms with E-state index >= 15 is 0 Å². The van der Waals surface area contributed by atoms with Gasteiger partial charge in [0.25, 0.3) is 0 Å². The van der Waals surface area contributed by atoms with Gasteiger partial charge < -0.3 is 20.1 Å². The van der Waals surface area contributed by atoms with E-state index in [1.54, 1.807) is 13.2 Å². The first kappa shape index (κ1) is 21.8. The highest BCUT2D eigenvalue weighted by Gasteiger charge is 2.35. The number of amides is 2. The minimum atomic E-state index is -0.551. The van der Waals surface area contributed by atoms with Gasteiger partial charge in [0, 0.05) is 18.2 Å². The van der Waals surface area contributed by atoms with Gasteiger partial charge in [0.15, 0.2) is 0 Å². The van der Waals surface area contributed by atoms with Gasteiger partial charge in [-0.3, -0.25) is 4.79 Å². The van der Waals surface area contributed by atoms with Crippen molar-refractivity contribution in [3.05, 3.63) is 35.9 Å². The van der Waals surface area contributed by atoms with E-state index in [0.29, 0.717) is 6.54 Å². The fraction of sp³-hybridized carbons (Fsp3) is 0.545. The fourth-order valence-corrected chi connectivity index (χ4v) is 3.50. The van der Waals surface area contributed by atoms with E-state index in [4.69, 9.17) is 9.47 Å². The highest BCUT2D eigenvalue weighted by atomic mass is 16.6. The zero-order valence-electron chi connectivity index (χ0n) is 17.6. The van der Waals surface area contributed by atoms with Gasteiger partial charge in [0.05, 0.1) is 12.6 Å². The topological polar surface area (TPSA) is 76.7 Å². The maximum absolute atomic E-state index is 12.7. The van der Waals surface area contributed by atoms with Crippen LogP contribution in [-0.2, 0) is 9.53 Å². The average molecular weight is 389 g/mol. The second-order valence-electron chi connectivity index (χ2n) is 8.36. The molecule has 0 aromatic heterocycles. The number of benzene rings is 1. The molecular formula is C22H32N2O4. The number of carbonyl (C=O) groups is 2. The predicted molar refractivity (Wildman–Crippen MR) is 110 cm³/mol. The Morgan fingerprint density at radius 1 is 1.18 bits per heavy atom. The Hall–Kier alpha value is -2.50. The molecule has 1 aliphatic rings. The fourth-order valence-electron chi connectivity index (χ4n) is 3.50. The summed E-state index contributed by atoms with van der Waals surface area (Å²) in [6.07, 6.45) is 4.82. The lowest BCUT2D eigenvalue weighted by molar-refractivity contribution is -0.118. The number of alkyl carbamates (subject to hydrolysis) is 1. The van der Waals surface area contributed by atoms with Crippen LogP contribution in [-0.4, -0.2) is 36.8 Å². The molecule has 1 aliphatic carbocycles. The van der Waals surface area contributed by atoms with Crippen LogP contribution < -0.4 is 15.4 Å². The standard InChI is InChI=1S/C22H32N2O4/c1-16(17-10-6-7-11-18(17)27-5)14-19(25)24-22(12-8-9-13-22)15-23-20(26)28-21(2,3)4/h6-7,10-11,14H,8-9,12-13,15H2,1-5H3,(H,23,26)(H,24,25)/b16-14+. The molecule has 0 saturated heterocycles. The summed E-state index contributed by atoms with van der Waals surface area (Å²) in [5.41, 5.74) is 0.715. The minimum absolute atomic E-state index is 0.170. The van der Waals surface area contributed by atoms with Gasteiger partial charge in [0.2, 0.25) is 5.91 Å². The summed E-state index contributed by atoms with van der Waals surface area (Å²) in [4.78, 5) is 24.7. The summed E-state index contributed by atoms with van der Waals surface area (Å²) in [5.74, 6) is 0.558. The van der Waals surface area contributed by atoms with Crippen molar-refractivity contribution in [2.45, 2.75) is 64.5 Å². The number of hydrogen-bond donors (Lipinski definition) is 2. The van der Waals surface area contributed by atoms with Crippen LogP contribution in [0.3, 0.4) is 0 Å². The van der Waals surface area contributed by atoms with Crippen molar-refractivity contribution < 1.29 is 19.1 Å². The van der Waals surface area contributed by atoms with Crippen LogP contribution in [0.1, 0.15) is 58.9 Å². The van der Waals surface area contributed by atoms with Crippen LogP contribution >= 0.6 is 0 Å². The third kappa shape index (κ3) is 6.29. The average Bonchev–Trinajstić information content (AvgIpc) is 3.07. The van der Waals surface area contributed by atoms with E-state index in [1.165, 1.54) is 0 Å². The van der Waals surface area contributed by atoms with Gasteiger partial charge in [0.1, 0.15) is 11.4 Å². The summed E-state index contributed by atoms with van der Waals surface area (Å²) < 4.78 is 10.7. The zero-order valence-corrected chi connectivity index (χ0v) is 17.6. The number of hydrogen-bond acceptors (Lipinski definition) is 4. The molecule has 2 rings (SSSR count). The molecule has 0 bridgehead atoms. The van der Waals surface area contributed by atoms with E-state index in [9.17, 15) is 9.59 Å². The van der Waals surface area contributed by atoms with Crippen LogP contribution in [0.15, 0.2) is 30.3 Å². The van der Waals surface area contributed by atoms with Crippen LogP contribution in [0.25, 0.3) is 5.57 Å². The van der Waals surface area contributed by atoms with Gasteiger partial charge in [-0.1, -0.05) is 31.0 Å². The molecule has 0 atom stereocenters. The summed E-state index contributed by atoms with van der Waals surface area (Å²) >= 11 is 0. The molecule has 1 aromatic rings. The van der Waals surface area contributed by atoms with Gasteiger partial charge >= 0.3 is 6.09 Å². The molecule has 1 aromatic carbocycles. The lowest BCUT2D eigenvalue weighted by Crippen LogP contribution is -2.54. The molecule has 1 fully saturated rings. The van der Waals surface area contributed by atoms with Crippen molar-refractivity contribution in [2.75, 3.05) is 13.7 Å². The molecule has 0 heterocycles. The van der Waals surface area contributed by atoms with E-state index in [0.717, 1.165) is 42.6 Å².